The van der Waals surface area contributed by atoms with Gasteiger partial charge in [-0.3, -0.25) is 14.5 Å². The smallest absolute Gasteiger partial charge is 0.329 e. The minimum absolute atomic E-state index is 0.0831. The molecule has 2 aromatic carbocycles. The van der Waals surface area contributed by atoms with Crippen LogP contribution in [0.1, 0.15) is 38.8 Å². The number of halogens is 1. The molecule has 1 unspecified atom stereocenters. The molecule has 6 nitrogen and oxygen atoms in total. The molecule has 2 amide bonds. The predicted octanol–water partition coefficient (Wildman–Crippen LogP) is 2.87. The normalized spacial score (nSPS) is 14.1. The van der Waals surface area contributed by atoms with Crippen molar-refractivity contribution in [3.8, 4) is 5.75 Å². The van der Waals surface area contributed by atoms with Crippen molar-refractivity contribution in [2.45, 2.75) is 26.5 Å². The summed E-state index contributed by atoms with van der Waals surface area (Å²) in [6.07, 6.45) is 0. The topological polar surface area (TPSA) is 72.9 Å². The number of esters is 1. The SMILES string of the molecule is COc1ccc(COC(=O)C(C)N2C(=O)c3ccc(C)cc3C2=O)cc1F. The fourth-order valence-corrected chi connectivity index (χ4v) is 2.91. The maximum Gasteiger partial charge on any atom is 0.329 e. The molecule has 0 saturated heterocycles. The fraction of sp³-hybridized carbons (Fsp3) is 0.250. The van der Waals surface area contributed by atoms with E-state index in [1.54, 1.807) is 24.3 Å². The number of nitrogens with zero attached hydrogens (tertiary/aromatic N) is 1. The van der Waals surface area contributed by atoms with E-state index in [9.17, 15) is 18.8 Å². The third-order valence-electron chi connectivity index (χ3n) is 4.40. The number of hydrogen-bond acceptors (Lipinski definition) is 5. The molecular formula is C20H18FNO5. The van der Waals surface area contributed by atoms with Crippen LogP contribution in [0.5, 0.6) is 5.75 Å². The molecule has 140 valence electrons. The zero-order valence-electron chi connectivity index (χ0n) is 15.1. The number of rotatable bonds is 5. The molecule has 2 aromatic rings. The summed E-state index contributed by atoms with van der Waals surface area (Å²) >= 11 is 0. The highest BCUT2D eigenvalue weighted by atomic mass is 19.1. The monoisotopic (exact) mass is 371 g/mol. The maximum atomic E-state index is 13.7. The van der Waals surface area contributed by atoms with Gasteiger partial charge in [-0.2, -0.15) is 0 Å². The van der Waals surface area contributed by atoms with Crippen molar-refractivity contribution < 1.29 is 28.2 Å². The first-order valence-electron chi connectivity index (χ1n) is 8.31. The zero-order chi connectivity index (χ0) is 19.7. The highest BCUT2D eigenvalue weighted by molar-refractivity contribution is 6.22. The molecular weight excluding hydrogens is 353 g/mol. The first-order chi connectivity index (χ1) is 12.8. The molecule has 1 aliphatic heterocycles. The molecule has 0 fully saturated rings. The molecule has 0 spiro atoms. The van der Waals surface area contributed by atoms with Crippen LogP contribution in [0.25, 0.3) is 0 Å². The van der Waals surface area contributed by atoms with Crippen LogP contribution in [0.2, 0.25) is 0 Å². The number of hydrogen-bond donors (Lipinski definition) is 0. The standard InChI is InChI=1S/C20H18FNO5/c1-11-4-6-14-15(8-11)19(24)22(18(14)23)12(2)20(25)27-10-13-5-7-17(26-3)16(21)9-13/h4-9,12H,10H2,1-3H3. The average molecular weight is 371 g/mol. The molecule has 1 heterocycles. The Hall–Kier alpha value is -3.22. The van der Waals surface area contributed by atoms with Gasteiger partial charge in [0.1, 0.15) is 12.6 Å². The third-order valence-corrected chi connectivity index (χ3v) is 4.40. The number of carbonyl (C=O) groups is 3. The third kappa shape index (κ3) is 3.40. The van der Waals surface area contributed by atoms with Gasteiger partial charge in [0.25, 0.3) is 11.8 Å². The van der Waals surface area contributed by atoms with Gasteiger partial charge in [-0.25, -0.2) is 9.18 Å². The minimum Gasteiger partial charge on any atom is -0.494 e. The Labute approximate surface area is 155 Å². The van der Waals surface area contributed by atoms with E-state index in [0.29, 0.717) is 5.56 Å². The van der Waals surface area contributed by atoms with Gasteiger partial charge < -0.3 is 9.47 Å². The van der Waals surface area contributed by atoms with E-state index in [-0.39, 0.29) is 23.5 Å². The van der Waals surface area contributed by atoms with Gasteiger partial charge in [-0.05, 0) is 43.7 Å². The van der Waals surface area contributed by atoms with E-state index < -0.39 is 29.6 Å². The lowest BCUT2D eigenvalue weighted by Crippen LogP contribution is -2.43. The van der Waals surface area contributed by atoms with Gasteiger partial charge in [0.05, 0.1) is 18.2 Å². The summed E-state index contributed by atoms with van der Waals surface area (Å²) in [5.41, 5.74) is 1.81. The quantitative estimate of drug-likeness (QED) is 0.597. The van der Waals surface area contributed by atoms with E-state index in [2.05, 4.69) is 0 Å². The van der Waals surface area contributed by atoms with Crippen LogP contribution in [-0.4, -0.2) is 35.8 Å². The Morgan fingerprint density at radius 1 is 1.11 bits per heavy atom. The highest BCUT2D eigenvalue weighted by Gasteiger charge is 2.41. The van der Waals surface area contributed by atoms with Crippen molar-refractivity contribution in [3.05, 3.63) is 64.5 Å². The fourth-order valence-electron chi connectivity index (χ4n) is 2.91. The van der Waals surface area contributed by atoms with Crippen LogP contribution < -0.4 is 4.74 Å². The molecule has 1 aliphatic rings. The van der Waals surface area contributed by atoms with Gasteiger partial charge in [0.15, 0.2) is 11.6 Å². The zero-order valence-corrected chi connectivity index (χ0v) is 15.1. The van der Waals surface area contributed by atoms with Crippen LogP contribution in [0.15, 0.2) is 36.4 Å². The second kappa shape index (κ2) is 7.19. The van der Waals surface area contributed by atoms with E-state index in [4.69, 9.17) is 9.47 Å². The molecule has 3 rings (SSSR count). The van der Waals surface area contributed by atoms with Crippen molar-refractivity contribution in [3.63, 3.8) is 0 Å². The van der Waals surface area contributed by atoms with Crippen molar-refractivity contribution in [1.29, 1.82) is 0 Å². The lowest BCUT2D eigenvalue weighted by atomic mass is 10.1. The van der Waals surface area contributed by atoms with Gasteiger partial charge in [-0.1, -0.05) is 17.7 Å². The highest BCUT2D eigenvalue weighted by Crippen LogP contribution is 2.26. The van der Waals surface area contributed by atoms with E-state index in [0.717, 1.165) is 10.5 Å². The lowest BCUT2D eigenvalue weighted by molar-refractivity contribution is -0.149. The van der Waals surface area contributed by atoms with Gasteiger partial charge in [0, 0.05) is 0 Å². The number of imide groups is 1. The number of methoxy groups -OCH3 is 1. The van der Waals surface area contributed by atoms with Crippen LogP contribution >= 0.6 is 0 Å². The van der Waals surface area contributed by atoms with Crippen molar-refractivity contribution >= 4 is 17.8 Å². The van der Waals surface area contributed by atoms with Crippen molar-refractivity contribution in [2.24, 2.45) is 0 Å². The van der Waals surface area contributed by atoms with Crippen molar-refractivity contribution in [2.75, 3.05) is 7.11 Å². The van der Waals surface area contributed by atoms with Gasteiger partial charge >= 0.3 is 5.97 Å². The summed E-state index contributed by atoms with van der Waals surface area (Å²) in [6, 6.07) is 8.01. The molecule has 0 saturated carbocycles. The number of aryl methyl sites for hydroxylation is 1. The summed E-state index contributed by atoms with van der Waals surface area (Å²) in [7, 11) is 1.35. The number of fused-ring (bicyclic) bond motifs is 1. The largest absolute Gasteiger partial charge is 0.494 e. The molecule has 1 atom stereocenters. The van der Waals surface area contributed by atoms with E-state index in [1.807, 2.05) is 6.92 Å². The van der Waals surface area contributed by atoms with Crippen LogP contribution in [0.3, 0.4) is 0 Å². The molecule has 0 N–H and O–H groups in total. The first kappa shape index (κ1) is 18.6. The van der Waals surface area contributed by atoms with Crippen LogP contribution in [0.4, 0.5) is 4.39 Å². The summed E-state index contributed by atoms with van der Waals surface area (Å²) in [5.74, 6) is -2.30. The first-order valence-corrected chi connectivity index (χ1v) is 8.31. The van der Waals surface area contributed by atoms with Crippen LogP contribution in [0, 0.1) is 12.7 Å². The van der Waals surface area contributed by atoms with E-state index in [1.165, 1.54) is 26.2 Å². The summed E-state index contributed by atoms with van der Waals surface area (Å²) < 4.78 is 23.7. The number of benzene rings is 2. The number of ether oxygens (including phenoxy) is 2. The number of carbonyl (C=O) groups excluding carboxylic acids is 3. The minimum atomic E-state index is -1.10. The summed E-state index contributed by atoms with van der Waals surface area (Å²) in [6.45, 7) is 3.05. The van der Waals surface area contributed by atoms with Gasteiger partial charge in [-0.15, -0.1) is 0 Å². The van der Waals surface area contributed by atoms with Crippen molar-refractivity contribution in [1.82, 2.24) is 4.90 Å². The average Bonchev–Trinajstić information content (AvgIpc) is 2.89. The molecule has 7 heteroatoms. The lowest BCUT2D eigenvalue weighted by Gasteiger charge is -2.21. The molecule has 0 aromatic heterocycles. The second-order valence-electron chi connectivity index (χ2n) is 6.28. The Kier molecular flexibility index (Phi) is 4.94. The maximum absolute atomic E-state index is 13.7. The Morgan fingerprint density at radius 3 is 2.48 bits per heavy atom. The van der Waals surface area contributed by atoms with Gasteiger partial charge in [0.2, 0.25) is 0 Å². The summed E-state index contributed by atoms with van der Waals surface area (Å²) in [5, 5.41) is 0. The summed E-state index contributed by atoms with van der Waals surface area (Å²) in [4.78, 5) is 38.2. The second-order valence-corrected chi connectivity index (χ2v) is 6.28. The molecule has 27 heavy (non-hydrogen) atoms. The predicted molar refractivity (Wildman–Crippen MR) is 93.9 cm³/mol. The van der Waals surface area contributed by atoms with E-state index >= 15 is 0 Å². The molecule has 0 radical (unpaired) electrons. The molecule has 0 bridgehead atoms. The molecule has 0 aliphatic carbocycles. The van der Waals surface area contributed by atoms with Crippen LogP contribution in [-0.2, 0) is 16.1 Å². The Balaban J connectivity index is 1.70. The Bertz CT molecular complexity index is 940. The number of amides is 2. The Morgan fingerprint density at radius 2 is 1.81 bits per heavy atom.